The van der Waals surface area contributed by atoms with E-state index in [1.165, 1.54) is 32.8 Å². The first kappa shape index (κ1) is 17.3. The van der Waals surface area contributed by atoms with E-state index in [1.807, 2.05) is 13.8 Å². The van der Waals surface area contributed by atoms with Crippen LogP contribution in [0.2, 0.25) is 0 Å². The van der Waals surface area contributed by atoms with Crippen LogP contribution in [0.5, 0.6) is 0 Å². The van der Waals surface area contributed by atoms with E-state index >= 15 is 0 Å². The maximum Gasteiger partial charge on any atom is 0.409 e. The number of carbonyl (C=O) groups excluding carboxylic acids is 1. The fraction of sp³-hybridized carbons (Fsp3) is 0.933. The second kappa shape index (κ2) is 8.39. The second-order valence-electron chi connectivity index (χ2n) is 5.34. The van der Waals surface area contributed by atoms with Gasteiger partial charge in [-0.25, -0.2) is 4.79 Å². The first-order valence-corrected chi connectivity index (χ1v) is 7.39. The molecule has 2 rings (SSSR count). The van der Waals surface area contributed by atoms with Gasteiger partial charge < -0.3 is 9.64 Å². The second-order valence-corrected chi connectivity index (χ2v) is 5.34. The molecule has 0 unspecified atom stereocenters. The van der Waals surface area contributed by atoms with E-state index in [2.05, 4.69) is 25.5 Å². The average Bonchev–Trinajstić information content (AvgIpc) is 2.34. The molecule has 0 bridgehead atoms. The van der Waals surface area contributed by atoms with Gasteiger partial charge in [0.2, 0.25) is 0 Å². The molecule has 1 heterocycles. The molecule has 108 valence electrons. The largest absolute Gasteiger partial charge is 0.453 e. The molecular formula is C15H31NO2. The molecule has 1 saturated heterocycles. The topological polar surface area (TPSA) is 29.5 Å². The molecule has 0 radical (unpaired) electrons. The van der Waals surface area contributed by atoms with E-state index in [1.54, 1.807) is 4.90 Å². The summed E-state index contributed by atoms with van der Waals surface area (Å²) in [5.41, 5.74) is 0.494. The van der Waals surface area contributed by atoms with E-state index in [-0.39, 0.29) is 6.09 Å². The summed E-state index contributed by atoms with van der Waals surface area (Å²) in [6.45, 7) is 12.5. The number of methoxy groups -OCH3 is 1. The zero-order valence-electron chi connectivity index (χ0n) is 13.1. The molecule has 1 aliphatic heterocycles. The lowest BCUT2D eigenvalue weighted by Crippen LogP contribution is -2.63. The Morgan fingerprint density at radius 3 is 1.94 bits per heavy atom. The van der Waals surface area contributed by atoms with Gasteiger partial charge in [0, 0.05) is 18.5 Å². The van der Waals surface area contributed by atoms with Crippen LogP contribution in [0.25, 0.3) is 0 Å². The highest BCUT2D eigenvalue weighted by Crippen LogP contribution is 2.51. The Labute approximate surface area is 113 Å². The molecule has 0 aromatic rings. The van der Waals surface area contributed by atoms with Gasteiger partial charge in [-0.3, -0.25) is 0 Å². The molecule has 1 spiro atoms. The number of hydrogen-bond donors (Lipinski definition) is 0. The number of hydrogen-bond acceptors (Lipinski definition) is 2. The molecule has 1 aliphatic carbocycles. The van der Waals surface area contributed by atoms with Crippen LogP contribution in [-0.2, 0) is 4.74 Å². The van der Waals surface area contributed by atoms with Crippen LogP contribution in [0, 0.1) is 11.3 Å². The molecule has 0 aromatic carbocycles. The Morgan fingerprint density at radius 2 is 1.67 bits per heavy atom. The molecule has 1 amide bonds. The summed E-state index contributed by atoms with van der Waals surface area (Å²) >= 11 is 0. The number of carbonyl (C=O) groups is 1. The lowest BCUT2D eigenvalue weighted by molar-refractivity contribution is -0.0771. The van der Waals surface area contributed by atoms with Gasteiger partial charge in [0.15, 0.2) is 0 Å². The number of unbranched alkanes of at least 4 members (excludes halogenated alkanes) is 1. The van der Waals surface area contributed by atoms with Gasteiger partial charge in [0.25, 0.3) is 0 Å². The molecular weight excluding hydrogens is 226 g/mol. The quantitative estimate of drug-likeness (QED) is 0.700. The average molecular weight is 257 g/mol. The van der Waals surface area contributed by atoms with Crippen LogP contribution >= 0.6 is 0 Å². The first-order chi connectivity index (χ1) is 8.56. The van der Waals surface area contributed by atoms with Crippen molar-refractivity contribution < 1.29 is 9.53 Å². The highest BCUT2D eigenvalue weighted by atomic mass is 16.5. The van der Waals surface area contributed by atoms with E-state index in [0.717, 1.165) is 19.0 Å². The predicted octanol–water partition coefficient (Wildman–Crippen LogP) is 4.32. The van der Waals surface area contributed by atoms with Crippen molar-refractivity contribution in [3.05, 3.63) is 0 Å². The summed E-state index contributed by atoms with van der Waals surface area (Å²) in [7, 11) is 1.44. The van der Waals surface area contributed by atoms with Crippen LogP contribution < -0.4 is 0 Å². The van der Waals surface area contributed by atoms with Crippen molar-refractivity contribution in [3.63, 3.8) is 0 Å². The highest BCUT2D eigenvalue weighted by Gasteiger charge is 2.52. The zero-order chi connectivity index (χ0) is 14.2. The molecule has 2 fully saturated rings. The number of rotatable bonds is 1. The van der Waals surface area contributed by atoms with E-state index < -0.39 is 0 Å². The Morgan fingerprint density at radius 1 is 1.22 bits per heavy atom. The van der Waals surface area contributed by atoms with Crippen molar-refractivity contribution in [3.8, 4) is 0 Å². The molecule has 1 saturated carbocycles. The third kappa shape index (κ3) is 4.51. The standard InChI is InChI=1S/C9H15NO2.C4H10.C2H6/c1-7-3-9(4-7)5-10(6-9)8(11)12-2;1-3-4-2;1-2/h7H,3-6H2,1-2H3;3-4H2,1-2H3;1-2H3. The predicted molar refractivity (Wildman–Crippen MR) is 76.7 cm³/mol. The minimum absolute atomic E-state index is 0.167. The smallest absolute Gasteiger partial charge is 0.409 e. The van der Waals surface area contributed by atoms with Crippen LogP contribution in [0.15, 0.2) is 0 Å². The van der Waals surface area contributed by atoms with Crippen LogP contribution in [0.4, 0.5) is 4.79 Å². The summed E-state index contributed by atoms with van der Waals surface area (Å²) in [6.07, 6.45) is 5.06. The van der Waals surface area contributed by atoms with Crippen molar-refractivity contribution in [2.24, 2.45) is 11.3 Å². The molecule has 0 N–H and O–H groups in total. The van der Waals surface area contributed by atoms with Gasteiger partial charge in [-0.2, -0.15) is 0 Å². The maximum atomic E-state index is 11.0. The molecule has 0 atom stereocenters. The Bertz CT molecular complexity index is 225. The van der Waals surface area contributed by atoms with Gasteiger partial charge >= 0.3 is 6.09 Å². The van der Waals surface area contributed by atoms with E-state index in [0.29, 0.717) is 5.41 Å². The van der Waals surface area contributed by atoms with Gasteiger partial charge in [0.1, 0.15) is 0 Å². The number of amides is 1. The molecule has 0 aromatic heterocycles. The molecule has 3 nitrogen and oxygen atoms in total. The van der Waals surface area contributed by atoms with Crippen molar-refractivity contribution >= 4 is 6.09 Å². The van der Waals surface area contributed by atoms with E-state index in [4.69, 9.17) is 0 Å². The Kier molecular flexibility index (Phi) is 8.05. The minimum atomic E-state index is -0.167. The third-order valence-corrected chi connectivity index (χ3v) is 3.55. The number of nitrogens with zero attached hydrogens (tertiary/aromatic N) is 1. The summed E-state index contributed by atoms with van der Waals surface area (Å²) < 4.78 is 4.63. The van der Waals surface area contributed by atoms with Crippen LogP contribution in [0.1, 0.15) is 60.3 Å². The highest BCUT2D eigenvalue weighted by molar-refractivity contribution is 5.68. The van der Waals surface area contributed by atoms with Gasteiger partial charge in [0.05, 0.1) is 7.11 Å². The lowest BCUT2D eigenvalue weighted by Gasteiger charge is -2.57. The molecule has 3 heteroatoms. The Hall–Kier alpha value is -0.730. The zero-order valence-corrected chi connectivity index (χ0v) is 13.1. The van der Waals surface area contributed by atoms with Gasteiger partial charge in [-0.1, -0.05) is 47.5 Å². The summed E-state index contributed by atoms with van der Waals surface area (Å²) in [6, 6.07) is 0. The Balaban J connectivity index is 0.000000415. The van der Waals surface area contributed by atoms with Gasteiger partial charge in [-0.15, -0.1) is 0 Å². The molecule has 2 aliphatic rings. The lowest BCUT2D eigenvalue weighted by atomic mass is 9.58. The summed E-state index contributed by atoms with van der Waals surface area (Å²) in [5.74, 6) is 0.866. The summed E-state index contributed by atoms with van der Waals surface area (Å²) in [4.78, 5) is 12.8. The maximum absolute atomic E-state index is 11.0. The van der Waals surface area contributed by atoms with Crippen LogP contribution in [-0.4, -0.2) is 31.2 Å². The first-order valence-electron chi connectivity index (χ1n) is 7.39. The fourth-order valence-corrected chi connectivity index (χ4v) is 2.70. The molecule has 18 heavy (non-hydrogen) atoms. The van der Waals surface area contributed by atoms with Crippen LogP contribution in [0.3, 0.4) is 0 Å². The number of ether oxygens (including phenoxy) is 1. The van der Waals surface area contributed by atoms with Gasteiger partial charge in [-0.05, 0) is 18.8 Å². The monoisotopic (exact) mass is 257 g/mol. The summed E-state index contributed by atoms with van der Waals surface area (Å²) in [5, 5.41) is 0. The minimum Gasteiger partial charge on any atom is -0.453 e. The number of likely N-dealkylation sites (tertiary alicyclic amines) is 1. The van der Waals surface area contributed by atoms with Crippen molar-refractivity contribution in [1.82, 2.24) is 4.90 Å². The van der Waals surface area contributed by atoms with Crippen molar-refractivity contribution in [1.29, 1.82) is 0 Å². The van der Waals surface area contributed by atoms with Crippen molar-refractivity contribution in [2.45, 2.75) is 60.3 Å². The fourth-order valence-electron chi connectivity index (χ4n) is 2.70. The third-order valence-electron chi connectivity index (χ3n) is 3.55. The van der Waals surface area contributed by atoms with E-state index in [9.17, 15) is 4.79 Å². The van der Waals surface area contributed by atoms with Crippen molar-refractivity contribution in [2.75, 3.05) is 20.2 Å². The normalized spacial score (nSPS) is 19.6. The SMILES string of the molecule is CC.CCCC.COC(=O)N1CC2(CC(C)C2)C1.